The Morgan fingerprint density at radius 2 is 1.90 bits per heavy atom. The molecule has 156 valence electrons. The number of ether oxygens (including phenoxy) is 1. The molecule has 3 rings (SSSR count). The van der Waals surface area contributed by atoms with E-state index in [1.807, 2.05) is 0 Å². The van der Waals surface area contributed by atoms with Gasteiger partial charge in [0.25, 0.3) is 10.0 Å². The number of anilines is 2. The number of hydrogen-bond donors (Lipinski definition) is 1. The van der Waals surface area contributed by atoms with Crippen molar-refractivity contribution in [3.63, 3.8) is 0 Å². The van der Waals surface area contributed by atoms with E-state index in [0.717, 1.165) is 12.1 Å². The monoisotopic (exact) mass is 448 g/mol. The summed E-state index contributed by atoms with van der Waals surface area (Å²) in [7, 11) is -2.85. The van der Waals surface area contributed by atoms with Gasteiger partial charge < -0.3 is 9.64 Å². The van der Waals surface area contributed by atoms with Gasteiger partial charge in [-0.25, -0.2) is 8.42 Å². The molecule has 1 aliphatic rings. The first-order chi connectivity index (χ1) is 13.5. The van der Waals surface area contributed by atoms with E-state index in [4.69, 9.17) is 16.3 Å². The smallest absolute Gasteiger partial charge is 0.417 e. The Morgan fingerprint density at radius 1 is 1.17 bits per heavy atom. The lowest BCUT2D eigenvalue weighted by atomic mass is 10.2. The fraction of sp³-hybridized carbons (Fsp3) is 0.278. The average molecular weight is 449 g/mol. The summed E-state index contributed by atoms with van der Waals surface area (Å²) in [6.45, 7) is 0.415. The molecule has 29 heavy (non-hydrogen) atoms. The normalized spacial score (nSPS) is 14.9. The van der Waals surface area contributed by atoms with Crippen molar-refractivity contribution in [2.75, 3.05) is 23.3 Å². The van der Waals surface area contributed by atoms with Gasteiger partial charge in [-0.3, -0.25) is 9.52 Å². The molecule has 0 spiro atoms. The van der Waals surface area contributed by atoms with Crippen LogP contribution >= 0.6 is 11.6 Å². The first-order valence-corrected chi connectivity index (χ1v) is 10.3. The number of halogens is 4. The zero-order valence-corrected chi connectivity index (χ0v) is 16.7. The van der Waals surface area contributed by atoms with Crippen LogP contribution in [0.5, 0.6) is 5.75 Å². The van der Waals surface area contributed by atoms with Crippen LogP contribution in [0, 0.1) is 0 Å². The molecule has 0 aromatic heterocycles. The fourth-order valence-electron chi connectivity index (χ4n) is 2.97. The first-order valence-electron chi connectivity index (χ1n) is 8.41. The highest BCUT2D eigenvalue weighted by Gasteiger charge is 2.34. The van der Waals surface area contributed by atoms with Crippen molar-refractivity contribution >= 4 is 38.9 Å². The van der Waals surface area contributed by atoms with Crippen molar-refractivity contribution in [2.24, 2.45) is 0 Å². The van der Waals surface area contributed by atoms with Gasteiger partial charge in [0.1, 0.15) is 5.75 Å². The summed E-state index contributed by atoms with van der Waals surface area (Å²) < 4.78 is 71.8. The van der Waals surface area contributed by atoms with Gasteiger partial charge in [0, 0.05) is 18.7 Å². The van der Waals surface area contributed by atoms with Crippen molar-refractivity contribution in [3.8, 4) is 5.75 Å². The minimum absolute atomic E-state index is 0.168. The maximum Gasteiger partial charge on any atom is 0.417 e. The molecular weight excluding hydrogens is 433 g/mol. The van der Waals surface area contributed by atoms with E-state index in [1.165, 1.54) is 30.2 Å². The summed E-state index contributed by atoms with van der Waals surface area (Å²) in [5.74, 6) is 0.142. The molecule has 1 heterocycles. The highest BCUT2D eigenvalue weighted by atomic mass is 35.5. The highest BCUT2D eigenvalue weighted by molar-refractivity contribution is 7.92. The molecule has 6 nitrogen and oxygen atoms in total. The molecule has 1 saturated heterocycles. The summed E-state index contributed by atoms with van der Waals surface area (Å²) in [4.78, 5) is 13.2. The van der Waals surface area contributed by atoms with Gasteiger partial charge in [-0.1, -0.05) is 11.6 Å². The Hall–Kier alpha value is -2.46. The van der Waals surface area contributed by atoms with Crippen LogP contribution in [0.25, 0.3) is 0 Å². The molecule has 0 unspecified atom stereocenters. The van der Waals surface area contributed by atoms with Gasteiger partial charge in [0.2, 0.25) is 5.91 Å². The molecular formula is C18H16ClF3N2O4S. The molecule has 1 fully saturated rings. The number of carbonyl (C=O) groups is 1. The molecule has 1 amide bonds. The number of methoxy groups -OCH3 is 1. The van der Waals surface area contributed by atoms with Gasteiger partial charge in [-0.05, 0) is 42.8 Å². The molecule has 1 N–H and O–H groups in total. The van der Waals surface area contributed by atoms with Crippen molar-refractivity contribution in [2.45, 2.75) is 23.9 Å². The maximum absolute atomic E-state index is 13.0. The van der Waals surface area contributed by atoms with Crippen LogP contribution < -0.4 is 14.4 Å². The predicted octanol–water partition coefficient (Wildman–Crippen LogP) is 4.30. The maximum atomic E-state index is 13.0. The van der Waals surface area contributed by atoms with Gasteiger partial charge in [0.15, 0.2) is 0 Å². The van der Waals surface area contributed by atoms with E-state index in [-0.39, 0.29) is 22.2 Å². The Balaban J connectivity index is 1.97. The molecule has 0 bridgehead atoms. The third-order valence-electron chi connectivity index (χ3n) is 4.35. The van der Waals surface area contributed by atoms with E-state index in [1.54, 1.807) is 0 Å². The molecule has 0 atom stereocenters. The van der Waals surface area contributed by atoms with Crippen LogP contribution in [0.15, 0.2) is 41.3 Å². The molecule has 0 aliphatic carbocycles. The van der Waals surface area contributed by atoms with Crippen molar-refractivity contribution < 1.29 is 31.1 Å². The average Bonchev–Trinajstić information content (AvgIpc) is 3.07. The SMILES string of the molecule is COc1ccc(S(=O)(=O)Nc2ccc(Cl)c(C(F)(F)F)c2)cc1N1CCCC1=O. The van der Waals surface area contributed by atoms with Crippen LogP contribution in [-0.2, 0) is 21.0 Å². The molecule has 2 aromatic rings. The lowest BCUT2D eigenvalue weighted by molar-refractivity contribution is -0.137. The summed E-state index contributed by atoms with van der Waals surface area (Å²) in [5, 5.41) is -0.542. The largest absolute Gasteiger partial charge is 0.495 e. The summed E-state index contributed by atoms with van der Waals surface area (Å²) in [6, 6.07) is 6.59. The summed E-state index contributed by atoms with van der Waals surface area (Å²) >= 11 is 5.56. The van der Waals surface area contributed by atoms with Crippen LogP contribution in [0.4, 0.5) is 24.5 Å². The van der Waals surface area contributed by atoms with E-state index in [0.29, 0.717) is 31.2 Å². The summed E-state index contributed by atoms with van der Waals surface area (Å²) in [6.07, 6.45) is -3.77. The van der Waals surface area contributed by atoms with Gasteiger partial charge >= 0.3 is 6.18 Å². The third kappa shape index (κ3) is 4.43. The Morgan fingerprint density at radius 3 is 2.48 bits per heavy atom. The first kappa shape index (κ1) is 21.3. The second-order valence-corrected chi connectivity index (χ2v) is 8.37. The number of nitrogens with one attached hydrogen (secondary N) is 1. The topological polar surface area (TPSA) is 75.7 Å². The van der Waals surface area contributed by atoms with Gasteiger partial charge in [-0.2, -0.15) is 13.2 Å². The lowest BCUT2D eigenvalue weighted by Crippen LogP contribution is -2.25. The lowest BCUT2D eigenvalue weighted by Gasteiger charge is -2.20. The number of rotatable bonds is 5. The number of benzene rings is 2. The standard InChI is InChI=1S/C18H16ClF3N2O4S/c1-28-16-7-5-12(10-15(16)24-8-2-3-17(24)25)29(26,27)23-11-4-6-14(19)13(9-11)18(20,21)22/h4-7,9-10,23H,2-3,8H2,1H3. The quantitative estimate of drug-likeness (QED) is 0.740. The number of hydrogen-bond acceptors (Lipinski definition) is 4. The number of nitrogens with zero attached hydrogens (tertiary/aromatic N) is 1. The number of sulfonamides is 1. The second kappa shape index (κ2) is 7.75. The van der Waals surface area contributed by atoms with Crippen molar-refractivity contribution in [1.82, 2.24) is 0 Å². The molecule has 0 saturated carbocycles. The highest BCUT2D eigenvalue weighted by Crippen LogP contribution is 2.37. The van der Waals surface area contributed by atoms with Crippen LogP contribution in [0.2, 0.25) is 5.02 Å². The molecule has 0 radical (unpaired) electrons. The van der Waals surface area contributed by atoms with E-state index >= 15 is 0 Å². The minimum atomic E-state index is -4.73. The molecule has 11 heteroatoms. The Labute approximate surface area is 170 Å². The number of amides is 1. The summed E-state index contributed by atoms with van der Waals surface area (Å²) in [5.41, 5.74) is -1.17. The van der Waals surface area contributed by atoms with E-state index in [2.05, 4.69) is 4.72 Å². The zero-order chi connectivity index (χ0) is 21.4. The van der Waals surface area contributed by atoms with Crippen LogP contribution in [0.3, 0.4) is 0 Å². The van der Waals surface area contributed by atoms with Gasteiger partial charge in [0.05, 0.1) is 28.3 Å². The fourth-order valence-corrected chi connectivity index (χ4v) is 4.26. The third-order valence-corrected chi connectivity index (χ3v) is 6.06. The molecule has 2 aromatic carbocycles. The Kier molecular flexibility index (Phi) is 5.68. The van der Waals surface area contributed by atoms with Crippen molar-refractivity contribution in [1.29, 1.82) is 0 Å². The number of carbonyl (C=O) groups excluding carboxylic acids is 1. The minimum Gasteiger partial charge on any atom is -0.495 e. The number of alkyl halides is 3. The molecule has 1 aliphatic heterocycles. The van der Waals surface area contributed by atoms with Crippen molar-refractivity contribution in [3.05, 3.63) is 47.0 Å². The Bertz CT molecular complexity index is 1060. The van der Waals surface area contributed by atoms with Crippen LogP contribution in [-0.4, -0.2) is 28.0 Å². The predicted molar refractivity (Wildman–Crippen MR) is 102 cm³/mol. The van der Waals surface area contributed by atoms with E-state index < -0.39 is 26.8 Å². The second-order valence-electron chi connectivity index (χ2n) is 6.28. The van der Waals surface area contributed by atoms with Crippen LogP contribution in [0.1, 0.15) is 18.4 Å². The van der Waals surface area contributed by atoms with E-state index in [9.17, 15) is 26.4 Å². The van der Waals surface area contributed by atoms with Gasteiger partial charge in [-0.15, -0.1) is 0 Å². The zero-order valence-electron chi connectivity index (χ0n) is 15.1.